The Labute approximate surface area is 229 Å². The fourth-order valence-electron chi connectivity index (χ4n) is 3.67. The number of sulfone groups is 1. The molecule has 2 N–H and O–H groups in total. The Morgan fingerprint density at radius 1 is 0.974 bits per heavy atom. The molecular formula is C27H25FN6O3S2. The van der Waals surface area contributed by atoms with Crippen molar-refractivity contribution in [2.24, 2.45) is 0 Å². The van der Waals surface area contributed by atoms with Crippen molar-refractivity contribution in [2.75, 3.05) is 23.9 Å². The normalized spacial score (nSPS) is 11.5. The van der Waals surface area contributed by atoms with Crippen LogP contribution >= 0.6 is 11.3 Å². The number of halogens is 1. The predicted octanol–water partition coefficient (Wildman–Crippen LogP) is 4.74. The summed E-state index contributed by atoms with van der Waals surface area (Å²) in [4.78, 5) is 18.8. The first-order valence-corrected chi connectivity index (χ1v) is 14.9. The predicted molar refractivity (Wildman–Crippen MR) is 150 cm³/mol. The fourth-order valence-corrected chi connectivity index (χ4v) is 5.04. The monoisotopic (exact) mass is 564 g/mol. The number of nitrogens with one attached hydrogen (secondary N) is 2. The number of hydrogen-bond acceptors (Lipinski definition) is 10. The number of fused-ring (bicyclic) bond motifs is 1. The summed E-state index contributed by atoms with van der Waals surface area (Å²) in [6.07, 6.45) is 6.16. The first-order valence-electron chi connectivity index (χ1n) is 12.0. The van der Waals surface area contributed by atoms with E-state index >= 15 is 0 Å². The number of pyridine rings is 1. The Hall–Kier alpha value is -4.00. The van der Waals surface area contributed by atoms with E-state index in [-0.39, 0.29) is 11.6 Å². The molecule has 0 amide bonds. The second-order valence-electron chi connectivity index (χ2n) is 8.81. The highest BCUT2D eigenvalue weighted by Gasteiger charge is 2.11. The third-order valence-corrected chi connectivity index (χ3v) is 7.64. The molecule has 0 atom stereocenters. The average Bonchev–Trinajstić information content (AvgIpc) is 3.40. The molecule has 12 heteroatoms. The van der Waals surface area contributed by atoms with Crippen LogP contribution in [0.15, 0.2) is 73.3 Å². The van der Waals surface area contributed by atoms with E-state index in [1.54, 1.807) is 24.5 Å². The van der Waals surface area contributed by atoms with Crippen molar-refractivity contribution < 1.29 is 17.5 Å². The molecule has 0 aliphatic carbocycles. The Morgan fingerprint density at radius 2 is 1.77 bits per heavy atom. The van der Waals surface area contributed by atoms with Gasteiger partial charge in [0.2, 0.25) is 0 Å². The molecule has 5 rings (SSSR count). The van der Waals surface area contributed by atoms with Crippen LogP contribution in [-0.2, 0) is 23.0 Å². The van der Waals surface area contributed by atoms with E-state index in [0.29, 0.717) is 42.5 Å². The Kier molecular flexibility index (Phi) is 8.05. The van der Waals surface area contributed by atoms with Gasteiger partial charge < -0.3 is 15.4 Å². The minimum absolute atomic E-state index is 0.0897. The number of benzene rings is 2. The molecule has 9 nitrogen and oxygen atoms in total. The number of thiazole rings is 1. The Morgan fingerprint density at radius 3 is 2.54 bits per heavy atom. The van der Waals surface area contributed by atoms with Crippen molar-refractivity contribution >= 4 is 43.6 Å². The summed E-state index contributed by atoms with van der Waals surface area (Å²) in [5.41, 5.74) is 3.08. The number of ether oxygens (including phenoxy) is 1. The summed E-state index contributed by atoms with van der Waals surface area (Å²) in [7, 11) is -3.00. The average molecular weight is 565 g/mol. The quantitative estimate of drug-likeness (QED) is 0.219. The lowest BCUT2D eigenvalue weighted by Gasteiger charge is -2.10. The van der Waals surface area contributed by atoms with E-state index < -0.39 is 9.84 Å². The van der Waals surface area contributed by atoms with Crippen LogP contribution in [0.25, 0.3) is 21.6 Å². The van der Waals surface area contributed by atoms with Gasteiger partial charge in [0.1, 0.15) is 45.2 Å². The molecule has 200 valence electrons. The molecule has 3 aromatic heterocycles. The number of anilines is 2. The van der Waals surface area contributed by atoms with Crippen molar-refractivity contribution in [2.45, 2.75) is 13.2 Å². The van der Waals surface area contributed by atoms with Gasteiger partial charge in [-0.1, -0.05) is 12.1 Å². The lowest BCUT2D eigenvalue weighted by molar-refractivity contribution is 0.306. The minimum Gasteiger partial charge on any atom is -0.489 e. The molecule has 3 heterocycles. The van der Waals surface area contributed by atoms with E-state index in [2.05, 4.69) is 30.6 Å². The lowest BCUT2D eigenvalue weighted by atomic mass is 10.2. The van der Waals surface area contributed by atoms with Crippen LogP contribution in [0, 0.1) is 5.82 Å². The summed E-state index contributed by atoms with van der Waals surface area (Å²) in [6, 6.07) is 15.6. The molecule has 0 unspecified atom stereocenters. The van der Waals surface area contributed by atoms with E-state index in [4.69, 9.17) is 4.74 Å². The molecule has 0 saturated heterocycles. The molecule has 0 fully saturated rings. The number of rotatable bonds is 11. The highest BCUT2D eigenvalue weighted by molar-refractivity contribution is 7.90. The van der Waals surface area contributed by atoms with Crippen LogP contribution in [-0.4, -0.2) is 46.9 Å². The number of hydrogen-bond donors (Lipinski definition) is 2. The van der Waals surface area contributed by atoms with Gasteiger partial charge in [0.05, 0.1) is 23.2 Å². The van der Waals surface area contributed by atoms with Crippen molar-refractivity contribution in [3.05, 3.63) is 89.6 Å². The standard InChI is InChI=1S/C27H25FN6O3S2/c1-39(35,36)11-10-29-13-22-14-31-27(38-22)24-12-23-25(15-30-24)32-17-33-26(23)34-20-6-8-21(9-7-20)37-16-18-2-4-19(28)5-3-18/h2-9,12,14-15,17,29H,10-11,13,16H2,1H3,(H,32,33,34). The van der Waals surface area contributed by atoms with Crippen molar-refractivity contribution in [3.63, 3.8) is 0 Å². The largest absolute Gasteiger partial charge is 0.489 e. The van der Waals surface area contributed by atoms with Gasteiger partial charge >= 0.3 is 0 Å². The third-order valence-electron chi connectivity index (χ3n) is 5.68. The summed E-state index contributed by atoms with van der Waals surface area (Å²) in [6.45, 7) is 1.25. The zero-order valence-electron chi connectivity index (χ0n) is 21.0. The third kappa shape index (κ3) is 7.31. The van der Waals surface area contributed by atoms with Gasteiger partial charge in [0.15, 0.2) is 0 Å². The lowest BCUT2D eigenvalue weighted by Crippen LogP contribution is -2.21. The van der Waals surface area contributed by atoms with Gasteiger partial charge in [-0.25, -0.2) is 27.8 Å². The molecule has 0 radical (unpaired) electrons. The fraction of sp³-hybridized carbons (Fsp3) is 0.185. The molecule has 0 aliphatic heterocycles. The number of nitrogens with zero attached hydrogens (tertiary/aromatic N) is 4. The van der Waals surface area contributed by atoms with Crippen LogP contribution in [0.5, 0.6) is 5.75 Å². The van der Waals surface area contributed by atoms with Crippen LogP contribution in [0.3, 0.4) is 0 Å². The smallest absolute Gasteiger partial charge is 0.148 e. The maximum Gasteiger partial charge on any atom is 0.148 e. The molecule has 0 aliphatic rings. The minimum atomic E-state index is -3.00. The maximum absolute atomic E-state index is 13.1. The highest BCUT2D eigenvalue weighted by Crippen LogP contribution is 2.29. The van der Waals surface area contributed by atoms with Crippen LogP contribution < -0.4 is 15.4 Å². The van der Waals surface area contributed by atoms with Crippen molar-refractivity contribution in [1.29, 1.82) is 0 Å². The Balaban J connectivity index is 1.26. The van der Waals surface area contributed by atoms with Crippen molar-refractivity contribution in [3.8, 4) is 16.5 Å². The molecule has 39 heavy (non-hydrogen) atoms. The topological polar surface area (TPSA) is 119 Å². The highest BCUT2D eigenvalue weighted by atomic mass is 32.2. The molecular weight excluding hydrogens is 539 g/mol. The van der Waals surface area contributed by atoms with Crippen LogP contribution in [0.2, 0.25) is 0 Å². The molecule has 0 bridgehead atoms. The SMILES string of the molecule is CS(=O)(=O)CCNCc1cnc(-c2cc3c(Nc4ccc(OCc5ccc(F)cc5)cc4)ncnc3cn2)s1. The maximum atomic E-state index is 13.1. The van der Waals surface area contributed by atoms with Gasteiger partial charge in [0.25, 0.3) is 0 Å². The summed E-state index contributed by atoms with van der Waals surface area (Å²) >= 11 is 1.49. The zero-order valence-corrected chi connectivity index (χ0v) is 22.6. The first-order chi connectivity index (χ1) is 18.8. The second-order valence-corrected chi connectivity index (χ2v) is 12.2. The van der Waals surface area contributed by atoms with E-state index in [9.17, 15) is 12.8 Å². The van der Waals surface area contributed by atoms with Crippen molar-refractivity contribution in [1.82, 2.24) is 25.3 Å². The summed E-state index contributed by atoms with van der Waals surface area (Å²) in [5, 5.41) is 8.00. The van der Waals surface area contributed by atoms with E-state index in [1.165, 1.54) is 36.1 Å². The zero-order chi connectivity index (χ0) is 27.2. The van der Waals surface area contributed by atoms with Gasteiger partial charge in [0, 0.05) is 41.5 Å². The second kappa shape index (κ2) is 11.8. The van der Waals surface area contributed by atoms with Crippen LogP contribution in [0.1, 0.15) is 10.4 Å². The Bertz CT molecular complexity index is 1680. The van der Waals surface area contributed by atoms with E-state index in [1.807, 2.05) is 30.3 Å². The van der Waals surface area contributed by atoms with E-state index in [0.717, 1.165) is 26.5 Å². The number of aromatic nitrogens is 4. The summed E-state index contributed by atoms with van der Waals surface area (Å²) in [5.74, 6) is 1.13. The van der Waals surface area contributed by atoms with Gasteiger partial charge in [-0.2, -0.15) is 0 Å². The van der Waals surface area contributed by atoms with Crippen LogP contribution in [0.4, 0.5) is 15.9 Å². The molecule has 0 saturated carbocycles. The molecule has 2 aromatic carbocycles. The van der Waals surface area contributed by atoms with Gasteiger partial charge in [-0.15, -0.1) is 11.3 Å². The molecule has 0 spiro atoms. The van der Waals surface area contributed by atoms with Gasteiger partial charge in [-0.3, -0.25) is 4.98 Å². The summed E-state index contributed by atoms with van der Waals surface area (Å²) < 4.78 is 41.5. The first kappa shape index (κ1) is 26.6. The van der Waals surface area contributed by atoms with Gasteiger partial charge in [-0.05, 0) is 48.0 Å². The molecule has 5 aromatic rings.